The number of hydrogen-bond acceptors (Lipinski definition) is 3. The quantitative estimate of drug-likeness (QED) is 0.889. The van der Waals surface area contributed by atoms with Crippen molar-refractivity contribution in [2.75, 3.05) is 13.7 Å². The van der Waals surface area contributed by atoms with Crippen molar-refractivity contribution in [3.8, 4) is 0 Å². The van der Waals surface area contributed by atoms with E-state index >= 15 is 0 Å². The van der Waals surface area contributed by atoms with Crippen molar-refractivity contribution in [1.82, 2.24) is 9.55 Å². The summed E-state index contributed by atoms with van der Waals surface area (Å²) in [6.07, 6.45) is 0.617. The van der Waals surface area contributed by atoms with Crippen molar-refractivity contribution in [3.05, 3.63) is 28.0 Å². The minimum absolute atomic E-state index is 0.0195. The summed E-state index contributed by atoms with van der Waals surface area (Å²) in [7, 11) is 1.61. The predicted octanol–water partition coefficient (Wildman–Crippen LogP) is 3.01. The van der Waals surface area contributed by atoms with E-state index in [1.807, 2.05) is 4.57 Å². The van der Waals surface area contributed by atoms with Crippen molar-refractivity contribution in [3.63, 3.8) is 0 Å². The molecule has 0 fully saturated rings. The molecule has 5 nitrogen and oxygen atoms in total. The molecule has 1 aromatic heterocycles. The van der Waals surface area contributed by atoms with Crippen molar-refractivity contribution in [2.24, 2.45) is 0 Å². The van der Waals surface area contributed by atoms with Crippen LogP contribution in [0.5, 0.6) is 0 Å². The second-order valence-electron chi connectivity index (χ2n) is 4.32. The highest BCUT2D eigenvalue weighted by atomic mass is 35.5. The summed E-state index contributed by atoms with van der Waals surface area (Å²) in [5.74, 6) is -0.0916. The molecule has 0 saturated heterocycles. The highest BCUT2D eigenvalue weighted by Crippen LogP contribution is 2.28. The Bertz CT molecular complexity index is 640. The average molecular weight is 317 g/mol. The molecule has 108 valence electrons. The molecule has 1 N–H and O–H groups in total. The maximum Gasteiger partial charge on any atom is 0.305 e. The summed E-state index contributed by atoms with van der Waals surface area (Å²) in [5, 5.41) is 9.70. The number of aliphatic carboxylic acids is 1. The molecule has 0 atom stereocenters. The second kappa shape index (κ2) is 6.43. The van der Waals surface area contributed by atoms with Gasteiger partial charge in [0, 0.05) is 20.1 Å². The number of rotatable bonds is 6. The fourth-order valence-electron chi connectivity index (χ4n) is 2.01. The molecule has 0 aliphatic heterocycles. The van der Waals surface area contributed by atoms with Gasteiger partial charge in [-0.25, -0.2) is 4.98 Å². The van der Waals surface area contributed by atoms with Crippen molar-refractivity contribution >= 4 is 40.2 Å². The molecule has 2 rings (SSSR count). The lowest BCUT2D eigenvalue weighted by Gasteiger charge is -2.07. The van der Waals surface area contributed by atoms with E-state index in [9.17, 15) is 4.79 Å². The molecule has 0 spiro atoms. The molecule has 0 bridgehead atoms. The molecule has 0 saturated carbocycles. The third-order valence-corrected chi connectivity index (χ3v) is 3.67. The van der Waals surface area contributed by atoms with Crippen molar-refractivity contribution in [2.45, 2.75) is 19.4 Å². The van der Waals surface area contributed by atoms with Gasteiger partial charge in [-0.3, -0.25) is 4.79 Å². The number of benzene rings is 1. The molecule has 20 heavy (non-hydrogen) atoms. The number of imidazole rings is 1. The molecule has 0 radical (unpaired) electrons. The molecule has 2 aromatic rings. The van der Waals surface area contributed by atoms with E-state index in [1.165, 1.54) is 0 Å². The zero-order chi connectivity index (χ0) is 14.7. The van der Waals surface area contributed by atoms with Crippen LogP contribution >= 0.6 is 23.2 Å². The van der Waals surface area contributed by atoms with Crippen molar-refractivity contribution in [1.29, 1.82) is 0 Å². The number of fused-ring (bicyclic) bond motifs is 1. The van der Waals surface area contributed by atoms with Crippen LogP contribution in [0, 0.1) is 0 Å². The third-order valence-electron chi connectivity index (χ3n) is 2.95. The highest BCUT2D eigenvalue weighted by molar-refractivity contribution is 6.42. The Hall–Kier alpha value is -1.30. The van der Waals surface area contributed by atoms with Crippen molar-refractivity contribution < 1.29 is 14.6 Å². The summed E-state index contributed by atoms with van der Waals surface area (Å²) >= 11 is 12.0. The van der Waals surface area contributed by atoms with Crippen LogP contribution < -0.4 is 0 Å². The first-order chi connectivity index (χ1) is 9.52. The standard InChI is InChI=1S/C13H14Cl2N2O3/c1-20-5-3-12-16-10-6-8(14)9(15)7-11(10)17(12)4-2-13(18)19/h6-7H,2-5H2,1H3,(H,18,19). The molecule has 0 aliphatic carbocycles. The normalized spacial score (nSPS) is 11.2. The SMILES string of the molecule is COCCc1nc2cc(Cl)c(Cl)cc2n1CCC(=O)O. The Morgan fingerprint density at radius 1 is 1.40 bits per heavy atom. The van der Waals surface area contributed by atoms with Gasteiger partial charge in [-0.2, -0.15) is 0 Å². The predicted molar refractivity (Wildman–Crippen MR) is 77.6 cm³/mol. The molecule has 1 aromatic carbocycles. The lowest BCUT2D eigenvalue weighted by atomic mass is 10.3. The number of ether oxygens (including phenoxy) is 1. The van der Waals surface area contributed by atoms with Gasteiger partial charge >= 0.3 is 5.97 Å². The first-order valence-corrected chi connectivity index (χ1v) is 6.83. The topological polar surface area (TPSA) is 64.4 Å². The molecular formula is C13H14Cl2N2O3. The molecule has 0 amide bonds. The Balaban J connectivity index is 2.46. The van der Waals surface area contributed by atoms with Gasteiger partial charge in [-0.05, 0) is 12.1 Å². The number of methoxy groups -OCH3 is 1. The highest BCUT2D eigenvalue weighted by Gasteiger charge is 2.13. The first-order valence-electron chi connectivity index (χ1n) is 6.08. The Morgan fingerprint density at radius 3 is 2.75 bits per heavy atom. The maximum absolute atomic E-state index is 10.8. The van der Waals surface area contributed by atoms with E-state index in [-0.39, 0.29) is 6.42 Å². The van der Waals surface area contributed by atoms with Crippen LogP contribution in [0.1, 0.15) is 12.2 Å². The largest absolute Gasteiger partial charge is 0.481 e. The van der Waals surface area contributed by atoms with E-state index in [4.69, 9.17) is 33.0 Å². The summed E-state index contributed by atoms with van der Waals surface area (Å²) in [6.45, 7) is 0.848. The monoisotopic (exact) mass is 316 g/mol. The van der Waals surface area contributed by atoms with Gasteiger partial charge in [0.25, 0.3) is 0 Å². The summed E-state index contributed by atoms with van der Waals surface area (Å²) in [5.41, 5.74) is 1.49. The van der Waals surface area contributed by atoms with Crippen LogP contribution in [0.4, 0.5) is 0 Å². The van der Waals surface area contributed by atoms with E-state index in [0.29, 0.717) is 35.1 Å². The van der Waals surface area contributed by atoms with Gasteiger partial charge in [-0.15, -0.1) is 0 Å². The summed E-state index contributed by atoms with van der Waals surface area (Å²) < 4.78 is 6.90. The fraction of sp³-hybridized carbons (Fsp3) is 0.385. The van der Waals surface area contributed by atoms with Crippen LogP contribution in [0.3, 0.4) is 0 Å². The Labute approximate surface area is 126 Å². The molecule has 7 heteroatoms. The number of carbonyl (C=O) groups is 1. The lowest BCUT2D eigenvalue weighted by Crippen LogP contribution is -2.10. The molecule has 0 aliphatic rings. The van der Waals surface area contributed by atoms with Crippen LogP contribution in [0.15, 0.2) is 12.1 Å². The van der Waals surface area contributed by atoms with Crippen LogP contribution in [0.25, 0.3) is 11.0 Å². The Morgan fingerprint density at radius 2 is 2.10 bits per heavy atom. The van der Waals surface area contributed by atoms with Gasteiger partial charge in [-0.1, -0.05) is 23.2 Å². The second-order valence-corrected chi connectivity index (χ2v) is 5.14. The zero-order valence-electron chi connectivity index (χ0n) is 10.9. The van der Waals surface area contributed by atoms with Crippen LogP contribution in [-0.2, 0) is 22.5 Å². The fourth-order valence-corrected chi connectivity index (χ4v) is 2.33. The molecule has 1 heterocycles. The number of aryl methyl sites for hydroxylation is 1. The summed E-state index contributed by atoms with van der Waals surface area (Å²) in [4.78, 5) is 15.2. The smallest absolute Gasteiger partial charge is 0.305 e. The third kappa shape index (κ3) is 3.23. The maximum atomic E-state index is 10.8. The number of carboxylic acid groups (broad SMARTS) is 1. The number of carboxylic acids is 1. The molecule has 0 unspecified atom stereocenters. The number of hydrogen-bond donors (Lipinski definition) is 1. The lowest BCUT2D eigenvalue weighted by molar-refractivity contribution is -0.137. The minimum atomic E-state index is -0.857. The van der Waals surface area contributed by atoms with Crippen LogP contribution in [-0.4, -0.2) is 34.3 Å². The van der Waals surface area contributed by atoms with E-state index < -0.39 is 5.97 Å². The molecular weight excluding hydrogens is 303 g/mol. The van der Waals surface area contributed by atoms with E-state index in [2.05, 4.69) is 4.98 Å². The minimum Gasteiger partial charge on any atom is -0.481 e. The number of aromatic nitrogens is 2. The zero-order valence-corrected chi connectivity index (χ0v) is 12.4. The van der Waals surface area contributed by atoms with Gasteiger partial charge in [0.15, 0.2) is 0 Å². The van der Waals surface area contributed by atoms with Gasteiger partial charge in [0.2, 0.25) is 0 Å². The Kier molecular flexibility index (Phi) is 4.86. The van der Waals surface area contributed by atoms with E-state index in [1.54, 1.807) is 19.2 Å². The number of halogens is 2. The van der Waals surface area contributed by atoms with Gasteiger partial charge in [0.05, 0.1) is 34.1 Å². The van der Waals surface area contributed by atoms with Crippen LogP contribution in [0.2, 0.25) is 10.0 Å². The first kappa shape index (κ1) is 15.1. The van der Waals surface area contributed by atoms with Gasteiger partial charge in [0.1, 0.15) is 5.82 Å². The summed E-state index contributed by atoms with van der Waals surface area (Å²) in [6, 6.07) is 3.40. The average Bonchev–Trinajstić information content (AvgIpc) is 2.71. The number of nitrogens with zero attached hydrogens (tertiary/aromatic N) is 2. The van der Waals surface area contributed by atoms with Gasteiger partial charge < -0.3 is 14.4 Å². The van der Waals surface area contributed by atoms with E-state index in [0.717, 1.165) is 11.3 Å².